The number of aryl methyl sites for hydroxylation is 2. The topological polar surface area (TPSA) is 69.9 Å². The highest BCUT2D eigenvalue weighted by Crippen LogP contribution is 2.35. The Bertz CT molecular complexity index is 1220. The van der Waals surface area contributed by atoms with Crippen molar-refractivity contribution in [3.8, 4) is 28.4 Å². The molecule has 0 aliphatic heterocycles. The largest absolute Gasteiger partial charge is 0.497 e. The molecular formula is C24H26N4O3. The van der Waals surface area contributed by atoms with E-state index in [-0.39, 0.29) is 0 Å². The van der Waals surface area contributed by atoms with E-state index in [2.05, 4.69) is 5.32 Å². The molecule has 0 spiro atoms. The van der Waals surface area contributed by atoms with E-state index in [0.29, 0.717) is 18.0 Å². The number of nitrogens with zero attached hydrogens (tertiary/aromatic N) is 3. The molecule has 2 aromatic carbocycles. The Labute approximate surface area is 181 Å². The molecule has 2 heterocycles. The fraction of sp³-hybridized carbons (Fsp3) is 0.250. The Morgan fingerprint density at radius 3 is 2.29 bits per heavy atom. The first-order valence-electron chi connectivity index (χ1n) is 10.00. The monoisotopic (exact) mass is 418 g/mol. The number of benzene rings is 2. The lowest BCUT2D eigenvalue weighted by atomic mass is 10.1. The Morgan fingerprint density at radius 1 is 0.871 bits per heavy atom. The molecule has 4 aromatic rings. The molecule has 0 radical (unpaired) electrons. The lowest BCUT2D eigenvalue weighted by molar-refractivity contribution is 0.355. The minimum Gasteiger partial charge on any atom is -0.497 e. The fourth-order valence-corrected chi connectivity index (χ4v) is 3.64. The van der Waals surface area contributed by atoms with Crippen LogP contribution in [0.25, 0.3) is 16.8 Å². The third kappa shape index (κ3) is 3.99. The lowest BCUT2D eigenvalue weighted by Gasteiger charge is -2.11. The van der Waals surface area contributed by atoms with Gasteiger partial charge in [-0.25, -0.2) is 4.98 Å². The summed E-state index contributed by atoms with van der Waals surface area (Å²) in [5.41, 5.74) is 5.68. The highest BCUT2D eigenvalue weighted by Gasteiger charge is 2.17. The number of ether oxygens (including phenoxy) is 3. The second-order valence-electron chi connectivity index (χ2n) is 7.25. The van der Waals surface area contributed by atoms with Gasteiger partial charge in [-0.15, -0.1) is 0 Å². The molecule has 2 aromatic heterocycles. The molecule has 0 saturated carbocycles. The molecule has 160 valence electrons. The van der Waals surface area contributed by atoms with Crippen molar-refractivity contribution in [3.63, 3.8) is 0 Å². The Morgan fingerprint density at radius 2 is 1.61 bits per heavy atom. The minimum absolute atomic E-state index is 0.660. The van der Waals surface area contributed by atoms with Gasteiger partial charge in [0, 0.05) is 23.9 Å². The number of rotatable bonds is 7. The lowest BCUT2D eigenvalue weighted by Crippen LogP contribution is -2.07. The summed E-state index contributed by atoms with van der Waals surface area (Å²) in [6, 6.07) is 15.9. The average Bonchev–Trinajstić information content (AvgIpc) is 3.12. The maximum atomic E-state index is 5.48. The highest BCUT2D eigenvalue weighted by molar-refractivity contribution is 5.82. The summed E-state index contributed by atoms with van der Waals surface area (Å²) in [4.78, 5) is 4.78. The molecule has 0 aliphatic rings. The SMILES string of the molecule is COc1ccc(CNc2cc(C)nc3c(-c4ccc(OC)c(OC)c4)c(C)nn23)cc1. The quantitative estimate of drug-likeness (QED) is 0.471. The molecule has 0 unspecified atom stereocenters. The van der Waals surface area contributed by atoms with E-state index in [0.717, 1.165) is 45.3 Å². The van der Waals surface area contributed by atoms with Crippen LogP contribution in [0.4, 0.5) is 5.82 Å². The van der Waals surface area contributed by atoms with Gasteiger partial charge in [0.05, 0.1) is 27.0 Å². The van der Waals surface area contributed by atoms with Crippen molar-refractivity contribution in [2.75, 3.05) is 26.6 Å². The molecule has 0 bridgehead atoms. The average molecular weight is 418 g/mol. The molecular weight excluding hydrogens is 392 g/mol. The summed E-state index contributed by atoms with van der Waals surface area (Å²) in [6.07, 6.45) is 0. The van der Waals surface area contributed by atoms with Crippen LogP contribution in [0.1, 0.15) is 17.0 Å². The molecule has 7 nitrogen and oxygen atoms in total. The van der Waals surface area contributed by atoms with E-state index >= 15 is 0 Å². The van der Waals surface area contributed by atoms with Gasteiger partial charge in [-0.2, -0.15) is 9.61 Å². The smallest absolute Gasteiger partial charge is 0.165 e. The third-order valence-electron chi connectivity index (χ3n) is 5.20. The first-order valence-corrected chi connectivity index (χ1v) is 10.00. The summed E-state index contributed by atoms with van der Waals surface area (Å²) in [7, 11) is 4.93. The molecule has 1 N–H and O–H groups in total. The minimum atomic E-state index is 0.660. The third-order valence-corrected chi connectivity index (χ3v) is 5.20. The summed E-state index contributed by atoms with van der Waals surface area (Å²) in [6.45, 7) is 4.63. The first-order chi connectivity index (χ1) is 15.0. The number of hydrogen-bond acceptors (Lipinski definition) is 6. The summed E-state index contributed by atoms with van der Waals surface area (Å²) < 4.78 is 18.0. The van der Waals surface area contributed by atoms with Crippen LogP contribution in [0.3, 0.4) is 0 Å². The van der Waals surface area contributed by atoms with Crippen LogP contribution in [0, 0.1) is 13.8 Å². The van der Waals surface area contributed by atoms with Crippen LogP contribution in [0.5, 0.6) is 17.2 Å². The number of methoxy groups -OCH3 is 3. The van der Waals surface area contributed by atoms with Crippen LogP contribution in [0.2, 0.25) is 0 Å². The molecule has 0 amide bonds. The van der Waals surface area contributed by atoms with Gasteiger partial charge in [0.15, 0.2) is 17.1 Å². The molecule has 0 aliphatic carbocycles. The highest BCUT2D eigenvalue weighted by atomic mass is 16.5. The zero-order valence-corrected chi connectivity index (χ0v) is 18.4. The van der Waals surface area contributed by atoms with Gasteiger partial charge < -0.3 is 19.5 Å². The van der Waals surface area contributed by atoms with Gasteiger partial charge in [-0.05, 0) is 49.2 Å². The Balaban J connectivity index is 1.73. The van der Waals surface area contributed by atoms with Crippen LogP contribution >= 0.6 is 0 Å². The van der Waals surface area contributed by atoms with Crippen LogP contribution in [-0.4, -0.2) is 35.9 Å². The van der Waals surface area contributed by atoms with Crippen LogP contribution in [0.15, 0.2) is 48.5 Å². The van der Waals surface area contributed by atoms with Crippen molar-refractivity contribution in [2.45, 2.75) is 20.4 Å². The van der Waals surface area contributed by atoms with Crippen molar-refractivity contribution in [3.05, 3.63) is 65.5 Å². The van der Waals surface area contributed by atoms with Crippen LogP contribution < -0.4 is 19.5 Å². The molecule has 0 fully saturated rings. The molecule has 0 saturated heterocycles. The van der Waals surface area contributed by atoms with Gasteiger partial charge in [-0.3, -0.25) is 0 Å². The summed E-state index contributed by atoms with van der Waals surface area (Å²) in [5.74, 6) is 3.08. The van der Waals surface area contributed by atoms with Crippen molar-refractivity contribution >= 4 is 11.5 Å². The molecule has 31 heavy (non-hydrogen) atoms. The molecule has 4 rings (SSSR count). The van der Waals surface area contributed by atoms with Crippen molar-refractivity contribution in [2.24, 2.45) is 0 Å². The van der Waals surface area contributed by atoms with E-state index in [1.54, 1.807) is 21.3 Å². The van der Waals surface area contributed by atoms with E-state index in [1.807, 2.05) is 66.9 Å². The maximum absolute atomic E-state index is 5.48. The summed E-state index contributed by atoms with van der Waals surface area (Å²) >= 11 is 0. The number of aromatic nitrogens is 3. The fourth-order valence-electron chi connectivity index (χ4n) is 3.64. The maximum Gasteiger partial charge on any atom is 0.165 e. The Kier molecular flexibility index (Phi) is 5.66. The standard InChI is InChI=1S/C24H26N4O3/c1-15-12-22(25-14-17-6-9-19(29-3)10-7-17)28-24(26-15)23(16(2)27-28)18-8-11-20(30-4)21(13-18)31-5/h6-13,25H,14H2,1-5H3. The van der Waals surface area contributed by atoms with Gasteiger partial charge in [0.2, 0.25) is 0 Å². The van der Waals surface area contributed by atoms with Crippen LogP contribution in [-0.2, 0) is 6.54 Å². The number of fused-ring (bicyclic) bond motifs is 1. The number of anilines is 1. The first kappa shape index (κ1) is 20.5. The Hall–Kier alpha value is -3.74. The van der Waals surface area contributed by atoms with E-state index < -0.39 is 0 Å². The van der Waals surface area contributed by atoms with Crippen molar-refractivity contribution < 1.29 is 14.2 Å². The second kappa shape index (κ2) is 8.55. The number of hydrogen-bond donors (Lipinski definition) is 1. The van der Waals surface area contributed by atoms with Gasteiger partial charge in [-0.1, -0.05) is 18.2 Å². The van der Waals surface area contributed by atoms with Crippen molar-refractivity contribution in [1.29, 1.82) is 0 Å². The van der Waals surface area contributed by atoms with Gasteiger partial charge in [0.1, 0.15) is 11.6 Å². The zero-order valence-electron chi connectivity index (χ0n) is 18.4. The van der Waals surface area contributed by atoms with Gasteiger partial charge >= 0.3 is 0 Å². The van der Waals surface area contributed by atoms with Gasteiger partial charge in [0.25, 0.3) is 0 Å². The number of nitrogens with one attached hydrogen (secondary N) is 1. The normalized spacial score (nSPS) is 10.9. The predicted molar refractivity (Wildman–Crippen MR) is 121 cm³/mol. The molecule has 0 atom stereocenters. The van der Waals surface area contributed by atoms with E-state index in [4.69, 9.17) is 24.3 Å². The van der Waals surface area contributed by atoms with Crippen molar-refractivity contribution in [1.82, 2.24) is 14.6 Å². The second-order valence-corrected chi connectivity index (χ2v) is 7.25. The van der Waals surface area contributed by atoms with E-state index in [1.165, 1.54) is 0 Å². The zero-order chi connectivity index (χ0) is 22.0. The van der Waals surface area contributed by atoms with E-state index in [9.17, 15) is 0 Å². The predicted octanol–water partition coefficient (Wildman–Crippen LogP) is 4.65. The molecule has 7 heteroatoms. The summed E-state index contributed by atoms with van der Waals surface area (Å²) in [5, 5.41) is 8.26.